The molecule has 4 heteroatoms. The molecule has 21 heavy (non-hydrogen) atoms. The molecular weight excluding hydrogens is 264 g/mol. The molecule has 1 aromatic rings. The van der Waals surface area contributed by atoms with E-state index < -0.39 is 0 Å². The van der Waals surface area contributed by atoms with Crippen LogP contribution in [-0.4, -0.2) is 41.7 Å². The van der Waals surface area contributed by atoms with Crippen LogP contribution in [0, 0.1) is 5.92 Å². The van der Waals surface area contributed by atoms with Crippen LogP contribution < -0.4 is 5.32 Å². The number of aliphatic hydroxyl groups excluding tert-OH is 1. The van der Waals surface area contributed by atoms with Crippen molar-refractivity contribution in [2.75, 3.05) is 25.0 Å². The third-order valence-corrected chi connectivity index (χ3v) is 4.65. The van der Waals surface area contributed by atoms with Crippen LogP contribution in [0.2, 0.25) is 0 Å². The van der Waals surface area contributed by atoms with E-state index in [0.717, 1.165) is 43.1 Å². The fourth-order valence-electron chi connectivity index (χ4n) is 3.08. The van der Waals surface area contributed by atoms with Gasteiger partial charge in [-0.15, -0.1) is 0 Å². The molecule has 0 aromatic heterocycles. The molecule has 4 nitrogen and oxygen atoms in total. The number of anilines is 1. The lowest BCUT2D eigenvalue weighted by Gasteiger charge is -2.31. The highest BCUT2D eigenvalue weighted by molar-refractivity contribution is 5.99. The maximum atomic E-state index is 12.7. The number of nitrogens with zero attached hydrogens (tertiary/aromatic N) is 1. The normalized spacial score (nSPS) is 22.7. The Labute approximate surface area is 126 Å². The smallest absolute Gasteiger partial charge is 0.256 e. The van der Waals surface area contributed by atoms with Gasteiger partial charge in [-0.05, 0) is 43.7 Å². The summed E-state index contributed by atoms with van der Waals surface area (Å²) in [5.74, 6) is 0.787. The van der Waals surface area contributed by atoms with Crippen molar-refractivity contribution in [1.82, 2.24) is 4.90 Å². The number of aliphatic hydroxyl groups is 1. The Morgan fingerprint density at radius 1 is 1.24 bits per heavy atom. The summed E-state index contributed by atoms with van der Waals surface area (Å²) in [4.78, 5) is 14.4. The largest absolute Gasteiger partial charge is 0.391 e. The van der Waals surface area contributed by atoms with E-state index in [-0.39, 0.29) is 12.0 Å². The van der Waals surface area contributed by atoms with Crippen molar-refractivity contribution in [3.8, 4) is 0 Å². The van der Waals surface area contributed by atoms with E-state index in [1.165, 1.54) is 19.3 Å². The molecule has 1 unspecified atom stereocenters. The van der Waals surface area contributed by atoms with Crippen LogP contribution in [0.4, 0.5) is 5.69 Å². The van der Waals surface area contributed by atoms with Crippen molar-refractivity contribution in [3.63, 3.8) is 0 Å². The predicted molar refractivity (Wildman–Crippen MR) is 83.4 cm³/mol. The Kier molecular flexibility index (Phi) is 4.44. The van der Waals surface area contributed by atoms with E-state index in [4.69, 9.17) is 0 Å². The number of benzene rings is 1. The van der Waals surface area contributed by atoms with Gasteiger partial charge in [0.15, 0.2) is 0 Å². The Hall–Kier alpha value is -1.55. The number of likely N-dealkylation sites (tertiary alicyclic amines) is 1. The van der Waals surface area contributed by atoms with Crippen LogP contribution in [0.15, 0.2) is 24.3 Å². The molecule has 1 aliphatic carbocycles. The average molecular weight is 288 g/mol. The number of carbonyl (C=O) groups excluding carboxylic acids is 1. The van der Waals surface area contributed by atoms with Crippen LogP contribution >= 0.6 is 0 Å². The molecule has 1 saturated heterocycles. The second-order valence-electron chi connectivity index (χ2n) is 6.27. The summed E-state index contributed by atoms with van der Waals surface area (Å²) in [5, 5.41) is 13.2. The summed E-state index contributed by atoms with van der Waals surface area (Å²) in [6.07, 6.45) is 5.22. The molecule has 1 saturated carbocycles. The molecule has 1 heterocycles. The number of carbonyl (C=O) groups is 1. The van der Waals surface area contributed by atoms with Crippen molar-refractivity contribution in [1.29, 1.82) is 0 Å². The van der Waals surface area contributed by atoms with Gasteiger partial charge in [-0.25, -0.2) is 0 Å². The van der Waals surface area contributed by atoms with Crippen LogP contribution in [0.25, 0.3) is 0 Å². The topological polar surface area (TPSA) is 52.6 Å². The molecular formula is C17H24N2O2. The number of para-hydroxylation sites is 1. The molecule has 114 valence electrons. The monoisotopic (exact) mass is 288 g/mol. The zero-order valence-electron chi connectivity index (χ0n) is 12.4. The summed E-state index contributed by atoms with van der Waals surface area (Å²) in [7, 11) is 0. The fraction of sp³-hybridized carbons (Fsp3) is 0.588. The van der Waals surface area contributed by atoms with Gasteiger partial charge in [0.25, 0.3) is 5.91 Å². The number of hydrogen-bond acceptors (Lipinski definition) is 3. The number of amides is 1. The molecule has 1 amide bonds. The zero-order chi connectivity index (χ0) is 14.7. The van der Waals surface area contributed by atoms with E-state index in [9.17, 15) is 9.90 Å². The van der Waals surface area contributed by atoms with Crippen molar-refractivity contribution in [3.05, 3.63) is 29.8 Å². The summed E-state index contributed by atoms with van der Waals surface area (Å²) in [5.41, 5.74) is 1.65. The number of hydrogen-bond donors (Lipinski definition) is 2. The van der Waals surface area contributed by atoms with Gasteiger partial charge >= 0.3 is 0 Å². The number of β-amino-alcohol motifs (C(OH)–C–C–N with tert-alkyl or cyclic N) is 1. The van der Waals surface area contributed by atoms with E-state index in [1.807, 2.05) is 24.3 Å². The quantitative estimate of drug-likeness (QED) is 0.895. The van der Waals surface area contributed by atoms with Gasteiger partial charge in [-0.1, -0.05) is 18.6 Å². The van der Waals surface area contributed by atoms with Gasteiger partial charge in [0.1, 0.15) is 0 Å². The van der Waals surface area contributed by atoms with Crippen molar-refractivity contribution >= 4 is 11.6 Å². The number of rotatable bonds is 4. The first kappa shape index (κ1) is 14.4. The second-order valence-corrected chi connectivity index (χ2v) is 6.27. The maximum Gasteiger partial charge on any atom is 0.256 e. The highest BCUT2D eigenvalue weighted by atomic mass is 16.3. The molecule has 2 aliphatic rings. The lowest BCUT2D eigenvalue weighted by molar-refractivity contribution is 0.0474. The Balaban J connectivity index is 1.69. The van der Waals surface area contributed by atoms with Gasteiger partial charge in [-0.2, -0.15) is 0 Å². The van der Waals surface area contributed by atoms with Gasteiger partial charge in [0.05, 0.1) is 11.7 Å². The first-order valence-electron chi connectivity index (χ1n) is 8.04. The third kappa shape index (κ3) is 3.38. The SMILES string of the molecule is O=C(c1ccccc1NCC1CCC1)N1CCCC(O)C1. The minimum absolute atomic E-state index is 0.0328. The van der Waals surface area contributed by atoms with Gasteiger partial charge in [0.2, 0.25) is 0 Å². The molecule has 2 fully saturated rings. The van der Waals surface area contributed by atoms with E-state index in [1.54, 1.807) is 4.90 Å². The molecule has 1 aliphatic heterocycles. The Morgan fingerprint density at radius 3 is 2.76 bits per heavy atom. The highest BCUT2D eigenvalue weighted by Crippen LogP contribution is 2.27. The first-order valence-corrected chi connectivity index (χ1v) is 8.04. The van der Waals surface area contributed by atoms with E-state index in [2.05, 4.69) is 5.32 Å². The molecule has 0 bridgehead atoms. The van der Waals surface area contributed by atoms with Crippen molar-refractivity contribution in [2.24, 2.45) is 5.92 Å². The molecule has 0 spiro atoms. The molecule has 1 aromatic carbocycles. The Morgan fingerprint density at radius 2 is 2.05 bits per heavy atom. The third-order valence-electron chi connectivity index (χ3n) is 4.65. The second kappa shape index (κ2) is 6.48. The van der Waals surface area contributed by atoms with Gasteiger partial charge < -0.3 is 15.3 Å². The van der Waals surface area contributed by atoms with Gasteiger partial charge in [0, 0.05) is 25.3 Å². The summed E-state index contributed by atoms with van der Waals surface area (Å²) in [6.45, 7) is 2.15. The highest BCUT2D eigenvalue weighted by Gasteiger charge is 2.25. The van der Waals surface area contributed by atoms with Crippen molar-refractivity contribution < 1.29 is 9.90 Å². The first-order chi connectivity index (χ1) is 10.2. The van der Waals surface area contributed by atoms with Crippen LogP contribution in [-0.2, 0) is 0 Å². The van der Waals surface area contributed by atoms with Crippen LogP contribution in [0.5, 0.6) is 0 Å². The lowest BCUT2D eigenvalue weighted by Crippen LogP contribution is -2.42. The predicted octanol–water partition coefficient (Wildman–Crippen LogP) is 2.50. The number of nitrogens with one attached hydrogen (secondary N) is 1. The molecule has 3 rings (SSSR count). The summed E-state index contributed by atoms with van der Waals surface area (Å²) in [6, 6.07) is 7.73. The van der Waals surface area contributed by atoms with E-state index >= 15 is 0 Å². The van der Waals surface area contributed by atoms with Gasteiger partial charge in [-0.3, -0.25) is 4.79 Å². The fourth-order valence-corrected chi connectivity index (χ4v) is 3.08. The zero-order valence-corrected chi connectivity index (χ0v) is 12.4. The average Bonchev–Trinajstić information content (AvgIpc) is 2.45. The minimum Gasteiger partial charge on any atom is -0.391 e. The number of piperidine rings is 1. The van der Waals surface area contributed by atoms with Crippen molar-refractivity contribution in [2.45, 2.75) is 38.2 Å². The molecule has 1 atom stereocenters. The standard InChI is InChI=1S/C17H24N2O2/c20-14-7-4-10-19(12-14)17(21)15-8-1-2-9-16(15)18-11-13-5-3-6-13/h1-2,8-9,13-14,18,20H,3-7,10-12H2. The van der Waals surface area contributed by atoms with Crippen LogP contribution in [0.3, 0.4) is 0 Å². The van der Waals surface area contributed by atoms with Crippen LogP contribution in [0.1, 0.15) is 42.5 Å². The molecule has 0 radical (unpaired) electrons. The minimum atomic E-state index is -0.377. The lowest BCUT2D eigenvalue weighted by atomic mass is 9.85. The Bertz CT molecular complexity index is 499. The maximum absolute atomic E-state index is 12.7. The van der Waals surface area contributed by atoms with E-state index in [0.29, 0.717) is 6.54 Å². The summed E-state index contributed by atoms with van der Waals surface area (Å²) >= 11 is 0. The molecule has 2 N–H and O–H groups in total. The summed E-state index contributed by atoms with van der Waals surface area (Å²) < 4.78 is 0.